The molecule has 0 rings (SSSR count). The summed E-state index contributed by atoms with van der Waals surface area (Å²) in [7, 11) is 4.24. The van der Waals surface area contributed by atoms with E-state index in [0.717, 1.165) is 26.3 Å². The van der Waals surface area contributed by atoms with Crippen LogP contribution in [0, 0.1) is 0 Å². The molecule has 0 aliphatic carbocycles. The number of ether oxygens (including phenoxy) is 1. The number of hydrogen-bond donors (Lipinski definition) is 0. The molecule has 0 fully saturated rings. The third kappa shape index (κ3) is 14.6. The first-order valence-electron chi connectivity index (χ1n) is 9.22. The average molecular weight is 301 g/mol. The zero-order chi connectivity index (χ0) is 15.8. The summed E-state index contributed by atoms with van der Waals surface area (Å²) in [6.07, 6.45) is 13.5. The second kappa shape index (κ2) is 16.3. The molecule has 0 aliphatic heterocycles. The summed E-state index contributed by atoms with van der Waals surface area (Å²) in [6, 6.07) is 0. The maximum Gasteiger partial charge on any atom is 0.0607 e. The highest BCUT2D eigenvalue weighted by molar-refractivity contribution is 4.52. The fourth-order valence-corrected chi connectivity index (χ4v) is 2.46. The van der Waals surface area contributed by atoms with Crippen LogP contribution in [-0.4, -0.2) is 50.4 Å². The van der Waals surface area contributed by atoms with Crippen molar-refractivity contribution in [2.45, 2.75) is 78.1 Å². The molecule has 0 heterocycles. The Balaban J connectivity index is 3.29. The van der Waals surface area contributed by atoms with Crippen molar-refractivity contribution in [1.29, 1.82) is 0 Å². The summed E-state index contributed by atoms with van der Waals surface area (Å²) < 4.78 is 5.77. The van der Waals surface area contributed by atoms with E-state index in [-0.39, 0.29) is 0 Å². The predicted octanol–water partition coefficient (Wildman–Crippen LogP) is 4.72. The molecular formula is C18H40N2O. The van der Waals surface area contributed by atoms with Crippen molar-refractivity contribution >= 4 is 0 Å². The lowest BCUT2D eigenvalue weighted by Gasteiger charge is -2.28. The third-order valence-electron chi connectivity index (χ3n) is 3.97. The van der Waals surface area contributed by atoms with E-state index in [0.29, 0.717) is 0 Å². The van der Waals surface area contributed by atoms with Gasteiger partial charge in [0, 0.05) is 33.8 Å². The normalized spacial score (nSPS) is 11.7. The minimum atomic E-state index is 0.860. The van der Waals surface area contributed by atoms with Crippen molar-refractivity contribution in [3.63, 3.8) is 0 Å². The second-order valence-corrected chi connectivity index (χ2v) is 6.24. The smallest absolute Gasteiger partial charge is 0.0607 e. The Kier molecular flexibility index (Phi) is 16.2. The lowest BCUT2D eigenvalue weighted by atomic mass is 10.1. The molecule has 0 unspecified atom stereocenters. The van der Waals surface area contributed by atoms with Crippen LogP contribution >= 0.6 is 0 Å². The van der Waals surface area contributed by atoms with E-state index in [1.807, 2.05) is 0 Å². The van der Waals surface area contributed by atoms with Crippen LogP contribution in [0.3, 0.4) is 0 Å². The van der Waals surface area contributed by atoms with Crippen LogP contribution in [0.5, 0.6) is 0 Å². The molecule has 128 valence electrons. The first kappa shape index (κ1) is 20.9. The number of hydrogen-bond acceptors (Lipinski definition) is 3. The molecule has 21 heavy (non-hydrogen) atoms. The zero-order valence-electron chi connectivity index (χ0n) is 15.2. The second-order valence-electron chi connectivity index (χ2n) is 6.24. The van der Waals surface area contributed by atoms with Gasteiger partial charge in [0.1, 0.15) is 0 Å². The Morgan fingerprint density at radius 1 is 0.619 bits per heavy atom. The van der Waals surface area contributed by atoms with Crippen molar-refractivity contribution in [2.24, 2.45) is 0 Å². The molecule has 0 atom stereocenters. The number of unbranched alkanes of at least 4 members (excludes halogenated alkanes) is 8. The summed E-state index contributed by atoms with van der Waals surface area (Å²) in [6.45, 7) is 8.47. The molecule has 0 aromatic rings. The Hall–Kier alpha value is -0.120. The molecule has 0 aromatic carbocycles. The molecule has 3 nitrogen and oxygen atoms in total. The maximum absolute atomic E-state index is 5.77. The Morgan fingerprint density at radius 2 is 1.19 bits per heavy atom. The summed E-state index contributed by atoms with van der Waals surface area (Å²) in [5.41, 5.74) is 0. The van der Waals surface area contributed by atoms with Gasteiger partial charge in [-0.2, -0.15) is 0 Å². The van der Waals surface area contributed by atoms with E-state index in [1.54, 1.807) is 0 Å². The molecular weight excluding hydrogens is 260 g/mol. The largest absolute Gasteiger partial charge is 0.380 e. The molecule has 0 aliphatic rings. The quantitative estimate of drug-likeness (QED) is 0.303. The molecule has 0 radical (unpaired) electrons. The predicted molar refractivity (Wildman–Crippen MR) is 93.6 cm³/mol. The van der Waals surface area contributed by atoms with Crippen LogP contribution in [0.15, 0.2) is 0 Å². The SMILES string of the molecule is CCCCCCCCCCOCCN(CCCC)N(C)C. The van der Waals surface area contributed by atoms with E-state index in [2.05, 4.69) is 38.0 Å². The van der Waals surface area contributed by atoms with Gasteiger partial charge in [-0.05, 0) is 12.8 Å². The minimum absolute atomic E-state index is 0.860. The molecule has 0 aromatic heterocycles. The topological polar surface area (TPSA) is 15.7 Å². The summed E-state index contributed by atoms with van der Waals surface area (Å²) in [5, 5.41) is 4.56. The molecule has 3 heteroatoms. The van der Waals surface area contributed by atoms with Gasteiger partial charge in [0.25, 0.3) is 0 Å². The van der Waals surface area contributed by atoms with Crippen LogP contribution in [-0.2, 0) is 4.74 Å². The minimum Gasteiger partial charge on any atom is -0.380 e. The average Bonchev–Trinajstić information content (AvgIpc) is 2.47. The van der Waals surface area contributed by atoms with Gasteiger partial charge in [-0.15, -0.1) is 0 Å². The first-order chi connectivity index (χ1) is 10.2. The highest BCUT2D eigenvalue weighted by Crippen LogP contribution is 2.08. The highest BCUT2D eigenvalue weighted by Gasteiger charge is 2.05. The number of rotatable bonds is 16. The Morgan fingerprint density at radius 3 is 1.76 bits per heavy atom. The number of nitrogens with zero attached hydrogens (tertiary/aromatic N) is 2. The van der Waals surface area contributed by atoms with Gasteiger partial charge < -0.3 is 4.74 Å². The molecule has 0 saturated heterocycles. The maximum atomic E-state index is 5.77. The van der Waals surface area contributed by atoms with E-state index < -0.39 is 0 Å². The third-order valence-corrected chi connectivity index (χ3v) is 3.97. The molecule has 0 N–H and O–H groups in total. The van der Waals surface area contributed by atoms with Gasteiger partial charge in [0.05, 0.1) is 6.61 Å². The van der Waals surface area contributed by atoms with Gasteiger partial charge in [0.2, 0.25) is 0 Å². The van der Waals surface area contributed by atoms with Crippen LogP contribution in [0.1, 0.15) is 78.1 Å². The zero-order valence-corrected chi connectivity index (χ0v) is 15.2. The molecule has 0 spiro atoms. The molecule has 0 saturated carbocycles. The summed E-state index contributed by atoms with van der Waals surface area (Å²) >= 11 is 0. The fourth-order valence-electron chi connectivity index (χ4n) is 2.46. The molecule has 0 bridgehead atoms. The molecule has 0 amide bonds. The van der Waals surface area contributed by atoms with Crippen LogP contribution in [0.25, 0.3) is 0 Å². The fraction of sp³-hybridized carbons (Fsp3) is 1.00. The lowest BCUT2D eigenvalue weighted by molar-refractivity contribution is -0.00645. The van der Waals surface area contributed by atoms with Crippen molar-refractivity contribution in [3.8, 4) is 0 Å². The van der Waals surface area contributed by atoms with Gasteiger partial charge >= 0.3 is 0 Å². The van der Waals surface area contributed by atoms with E-state index in [4.69, 9.17) is 4.74 Å². The van der Waals surface area contributed by atoms with Crippen LogP contribution in [0.2, 0.25) is 0 Å². The monoisotopic (exact) mass is 300 g/mol. The summed E-state index contributed by atoms with van der Waals surface area (Å²) in [4.78, 5) is 0. The summed E-state index contributed by atoms with van der Waals surface area (Å²) in [5.74, 6) is 0. The van der Waals surface area contributed by atoms with Gasteiger partial charge in [-0.3, -0.25) is 0 Å². The lowest BCUT2D eigenvalue weighted by Crippen LogP contribution is -2.40. The van der Waals surface area contributed by atoms with E-state index >= 15 is 0 Å². The van der Waals surface area contributed by atoms with Crippen molar-refractivity contribution in [1.82, 2.24) is 10.0 Å². The van der Waals surface area contributed by atoms with Gasteiger partial charge in [-0.1, -0.05) is 65.2 Å². The van der Waals surface area contributed by atoms with Crippen molar-refractivity contribution < 1.29 is 4.74 Å². The van der Waals surface area contributed by atoms with E-state index in [9.17, 15) is 0 Å². The van der Waals surface area contributed by atoms with Crippen LogP contribution in [0.4, 0.5) is 0 Å². The Labute approximate surface area is 134 Å². The van der Waals surface area contributed by atoms with Crippen LogP contribution < -0.4 is 0 Å². The standard InChI is InChI=1S/C18H40N2O/c1-5-7-9-10-11-12-13-14-17-21-18-16-20(19(3)4)15-8-6-2/h5-18H2,1-4H3. The number of hydrazine groups is 1. The van der Waals surface area contributed by atoms with Crippen molar-refractivity contribution in [3.05, 3.63) is 0 Å². The van der Waals surface area contributed by atoms with Crippen molar-refractivity contribution in [2.75, 3.05) is 40.4 Å². The highest BCUT2D eigenvalue weighted by atomic mass is 16.5. The van der Waals surface area contributed by atoms with Gasteiger partial charge in [-0.25, -0.2) is 10.0 Å². The first-order valence-corrected chi connectivity index (χ1v) is 9.22. The van der Waals surface area contributed by atoms with E-state index in [1.165, 1.54) is 64.2 Å². The Bertz CT molecular complexity index is 198. The van der Waals surface area contributed by atoms with Gasteiger partial charge in [0.15, 0.2) is 0 Å².